The monoisotopic (exact) mass is 656 g/mol. The zero-order valence-electron chi connectivity index (χ0n) is 28.1. The van der Waals surface area contributed by atoms with Gasteiger partial charge in [0.15, 0.2) is 0 Å². The topological polar surface area (TPSA) is 70.6 Å². The Hall–Kier alpha value is -5.49. The molecule has 1 N–H and O–H groups in total. The van der Waals surface area contributed by atoms with Gasteiger partial charge in [-0.1, -0.05) is 97.8 Å². The van der Waals surface area contributed by atoms with Crippen LogP contribution in [0.15, 0.2) is 120 Å². The summed E-state index contributed by atoms with van der Waals surface area (Å²) in [6, 6.07) is 38.6. The fourth-order valence-electron chi connectivity index (χ4n) is 8.07. The maximum Gasteiger partial charge on any atom is 0.410 e. The second kappa shape index (κ2) is 13.1. The van der Waals surface area contributed by atoms with Crippen molar-refractivity contribution in [3.05, 3.63) is 132 Å². The van der Waals surface area contributed by atoms with E-state index in [1.54, 1.807) is 4.90 Å². The number of imidazole rings is 1. The van der Waals surface area contributed by atoms with E-state index < -0.39 is 0 Å². The van der Waals surface area contributed by atoms with Crippen molar-refractivity contribution in [3.63, 3.8) is 0 Å². The number of aliphatic imine (C=N–C) groups is 1. The number of amides is 1. The first-order valence-electron chi connectivity index (χ1n) is 18.0. The third-order valence-electron chi connectivity index (χ3n) is 10.8. The highest BCUT2D eigenvalue weighted by Gasteiger charge is 2.33. The van der Waals surface area contributed by atoms with E-state index in [9.17, 15) is 4.79 Å². The third-order valence-corrected chi connectivity index (χ3v) is 10.8. The van der Waals surface area contributed by atoms with Gasteiger partial charge < -0.3 is 9.72 Å². The van der Waals surface area contributed by atoms with Gasteiger partial charge in [-0.25, -0.2) is 9.78 Å². The Morgan fingerprint density at radius 1 is 0.740 bits per heavy atom. The number of nitrogens with zero attached hydrogens (tertiary/aromatic N) is 3. The Bertz CT molecular complexity index is 2210. The quantitative estimate of drug-likeness (QED) is 0.186. The molecule has 1 saturated heterocycles. The lowest BCUT2D eigenvalue weighted by molar-refractivity contribution is 0.0910. The number of carbonyl (C=O) groups excluding carboxylic acids is 1. The summed E-state index contributed by atoms with van der Waals surface area (Å²) in [4.78, 5) is 28.0. The van der Waals surface area contributed by atoms with Crippen LogP contribution in [-0.2, 0) is 17.8 Å². The summed E-state index contributed by atoms with van der Waals surface area (Å²) in [7, 11) is 0. The molecule has 0 unspecified atom stereocenters. The van der Waals surface area contributed by atoms with Crippen LogP contribution >= 0.6 is 0 Å². The SMILES string of the molecule is O=C(OCc1ccccc1)N1CCC[C@H]1c1ncc(-c2ccc(-c3ccc4cc(-c5ccc6c(c5)CC(C5CCCC5)=N6)ccc4c3)cc2)[nH]1. The lowest BCUT2D eigenvalue weighted by atomic mass is 9.94. The molecule has 2 fully saturated rings. The Kier molecular flexibility index (Phi) is 8.00. The summed E-state index contributed by atoms with van der Waals surface area (Å²) in [6.45, 7) is 0.934. The molecule has 0 radical (unpaired) electrons. The Balaban J connectivity index is 0.872. The number of fused-ring (bicyclic) bond motifs is 2. The van der Waals surface area contributed by atoms with Crippen LogP contribution in [0.5, 0.6) is 0 Å². The molecule has 6 nitrogen and oxygen atoms in total. The van der Waals surface area contributed by atoms with Crippen molar-refractivity contribution < 1.29 is 9.53 Å². The van der Waals surface area contributed by atoms with Gasteiger partial charge in [0.2, 0.25) is 0 Å². The average Bonchev–Trinajstić information content (AvgIpc) is 4.00. The van der Waals surface area contributed by atoms with Gasteiger partial charge in [0.25, 0.3) is 0 Å². The number of carbonyl (C=O) groups is 1. The largest absolute Gasteiger partial charge is 0.445 e. The van der Waals surface area contributed by atoms with Crippen molar-refractivity contribution in [1.29, 1.82) is 0 Å². The van der Waals surface area contributed by atoms with Crippen LogP contribution < -0.4 is 0 Å². The summed E-state index contributed by atoms with van der Waals surface area (Å²) >= 11 is 0. The molecule has 3 aliphatic rings. The molecule has 1 amide bonds. The number of H-pyrrole nitrogens is 1. The molecular weight excluding hydrogens is 617 g/mol. The van der Waals surface area contributed by atoms with E-state index in [-0.39, 0.29) is 18.7 Å². The van der Waals surface area contributed by atoms with Crippen molar-refractivity contribution >= 4 is 28.3 Å². The van der Waals surface area contributed by atoms with E-state index in [1.807, 2.05) is 36.5 Å². The van der Waals surface area contributed by atoms with Gasteiger partial charge in [0.1, 0.15) is 12.4 Å². The summed E-state index contributed by atoms with van der Waals surface area (Å²) < 4.78 is 5.64. The number of aromatic amines is 1. The predicted octanol–water partition coefficient (Wildman–Crippen LogP) is 10.9. The van der Waals surface area contributed by atoms with Crippen LogP contribution in [-0.4, -0.2) is 33.2 Å². The van der Waals surface area contributed by atoms with Gasteiger partial charge in [0, 0.05) is 18.7 Å². The van der Waals surface area contributed by atoms with Gasteiger partial charge in [0.05, 0.1) is 23.6 Å². The summed E-state index contributed by atoms with van der Waals surface area (Å²) in [5.41, 5.74) is 11.8. The first-order valence-corrected chi connectivity index (χ1v) is 18.0. The molecule has 1 saturated carbocycles. The fraction of sp³-hybridized carbons (Fsp3) is 0.250. The number of likely N-dealkylation sites (tertiary alicyclic amines) is 1. The first kappa shape index (κ1) is 30.6. The van der Waals surface area contributed by atoms with Gasteiger partial charge in [-0.05, 0) is 106 Å². The molecule has 2 aliphatic heterocycles. The average molecular weight is 657 g/mol. The molecule has 6 aromatic rings. The minimum Gasteiger partial charge on any atom is -0.445 e. The molecule has 0 spiro atoms. The van der Waals surface area contributed by atoms with E-state index in [4.69, 9.17) is 14.7 Å². The molecule has 50 heavy (non-hydrogen) atoms. The van der Waals surface area contributed by atoms with Crippen LogP contribution in [0.25, 0.3) is 44.3 Å². The summed E-state index contributed by atoms with van der Waals surface area (Å²) in [5, 5.41) is 2.46. The zero-order chi connectivity index (χ0) is 33.4. The van der Waals surface area contributed by atoms with Crippen LogP contribution in [0, 0.1) is 5.92 Å². The minimum absolute atomic E-state index is 0.115. The number of aromatic nitrogens is 2. The van der Waals surface area contributed by atoms with Crippen molar-refractivity contribution in [1.82, 2.24) is 14.9 Å². The molecule has 1 atom stereocenters. The van der Waals surface area contributed by atoms with E-state index in [1.165, 1.54) is 70.0 Å². The lowest BCUT2D eigenvalue weighted by Crippen LogP contribution is -2.31. The smallest absolute Gasteiger partial charge is 0.410 e. The number of benzene rings is 5. The molecular formula is C44H40N4O2. The molecule has 248 valence electrons. The van der Waals surface area contributed by atoms with Gasteiger partial charge in [-0.15, -0.1) is 0 Å². The van der Waals surface area contributed by atoms with Crippen LogP contribution in [0.3, 0.4) is 0 Å². The van der Waals surface area contributed by atoms with E-state index in [2.05, 4.69) is 83.8 Å². The summed E-state index contributed by atoms with van der Waals surface area (Å²) in [6.07, 6.45) is 9.67. The van der Waals surface area contributed by atoms with Crippen molar-refractivity contribution in [2.24, 2.45) is 10.9 Å². The number of rotatable bonds is 7. The standard InChI is InChI=1S/C44H40N4O2/c49-44(50-28-29-7-2-1-3-8-29)48-22-6-11-42(48)43-45-27-41(47-43)32-14-12-30(13-15-32)33-16-17-35-24-36(19-18-34(35)23-33)37-20-21-39-38(25-37)26-40(46-39)31-9-4-5-10-31/h1-3,7-8,12-21,23-25,27,31,42H,4-6,9-11,22,26,28H2,(H,45,47)/t42-/m0/s1. The molecule has 1 aliphatic carbocycles. The number of hydrogen-bond donors (Lipinski definition) is 1. The molecule has 0 bridgehead atoms. The highest BCUT2D eigenvalue weighted by atomic mass is 16.6. The predicted molar refractivity (Wildman–Crippen MR) is 200 cm³/mol. The zero-order valence-corrected chi connectivity index (χ0v) is 28.1. The van der Waals surface area contributed by atoms with E-state index in [0.29, 0.717) is 12.5 Å². The van der Waals surface area contributed by atoms with Crippen LogP contribution in [0.2, 0.25) is 0 Å². The van der Waals surface area contributed by atoms with Crippen molar-refractivity contribution in [2.45, 2.75) is 57.6 Å². The van der Waals surface area contributed by atoms with E-state index >= 15 is 0 Å². The molecule has 3 heterocycles. The Morgan fingerprint density at radius 3 is 2.20 bits per heavy atom. The van der Waals surface area contributed by atoms with Gasteiger partial charge in [-0.3, -0.25) is 9.89 Å². The maximum absolute atomic E-state index is 13.0. The van der Waals surface area contributed by atoms with Crippen LogP contribution in [0.1, 0.15) is 61.5 Å². The molecule has 1 aromatic heterocycles. The van der Waals surface area contributed by atoms with Gasteiger partial charge >= 0.3 is 6.09 Å². The number of hydrogen-bond acceptors (Lipinski definition) is 4. The highest BCUT2D eigenvalue weighted by Crippen LogP contribution is 2.38. The Morgan fingerprint density at radius 2 is 1.42 bits per heavy atom. The van der Waals surface area contributed by atoms with E-state index in [0.717, 1.165) is 47.6 Å². The maximum atomic E-state index is 13.0. The number of nitrogens with one attached hydrogen (secondary N) is 1. The highest BCUT2D eigenvalue weighted by molar-refractivity contribution is 5.97. The molecule has 5 aromatic carbocycles. The Labute approximate surface area is 292 Å². The first-order chi connectivity index (χ1) is 24.6. The molecule has 9 rings (SSSR count). The second-order valence-corrected chi connectivity index (χ2v) is 14.0. The lowest BCUT2D eigenvalue weighted by Gasteiger charge is -2.22. The summed E-state index contributed by atoms with van der Waals surface area (Å²) in [5.74, 6) is 1.49. The van der Waals surface area contributed by atoms with Crippen molar-refractivity contribution in [3.8, 4) is 33.5 Å². The van der Waals surface area contributed by atoms with Gasteiger partial charge in [-0.2, -0.15) is 0 Å². The van der Waals surface area contributed by atoms with Crippen molar-refractivity contribution in [2.75, 3.05) is 6.54 Å². The fourth-order valence-corrected chi connectivity index (χ4v) is 8.07. The normalized spacial score (nSPS) is 17.3. The minimum atomic E-state index is -0.295. The third kappa shape index (κ3) is 6.00. The second-order valence-electron chi connectivity index (χ2n) is 14.0. The number of ether oxygens (including phenoxy) is 1. The van der Waals surface area contributed by atoms with Crippen LogP contribution in [0.4, 0.5) is 10.5 Å². The molecule has 6 heteroatoms.